The first-order valence-electron chi connectivity index (χ1n) is 7.00. The molecule has 0 spiro atoms. The van der Waals surface area contributed by atoms with Crippen LogP contribution >= 0.6 is 0 Å². The smallest absolute Gasteiger partial charge is 0.347 e. The van der Waals surface area contributed by atoms with Gasteiger partial charge in [-0.05, 0) is 18.9 Å². The van der Waals surface area contributed by atoms with Gasteiger partial charge in [0, 0.05) is 24.6 Å². The molecule has 1 aliphatic carbocycles. The second-order valence-corrected chi connectivity index (χ2v) is 5.17. The predicted octanol–water partition coefficient (Wildman–Crippen LogP) is 1.64. The quantitative estimate of drug-likeness (QED) is 0.801. The van der Waals surface area contributed by atoms with Gasteiger partial charge in [0.05, 0.1) is 13.7 Å². The third kappa shape index (κ3) is 2.88. The minimum Gasteiger partial charge on any atom is -0.493 e. The van der Waals surface area contributed by atoms with Gasteiger partial charge in [-0.1, -0.05) is 12.1 Å². The molecule has 1 N–H and O–H groups in total. The van der Waals surface area contributed by atoms with E-state index < -0.39 is 6.10 Å². The standard InChI is InChI=1S/C15H19NO4/c1-18-12-4-2-3-10(9-16-11-5-6-11)14(12)20-13-7-8-19-15(13)17/h2-4,11,13,16H,5-9H2,1H3. The van der Waals surface area contributed by atoms with Crippen molar-refractivity contribution in [3.05, 3.63) is 23.8 Å². The van der Waals surface area contributed by atoms with Crippen LogP contribution in [0.3, 0.4) is 0 Å². The lowest BCUT2D eigenvalue weighted by Gasteiger charge is -2.17. The topological polar surface area (TPSA) is 56.8 Å². The fourth-order valence-corrected chi connectivity index (χ4v) is 2.26. The van der Waals surface area contributed by atoms with Gasteiger partial charge in [0.2, 0.25) is 0 Å². The maximum atomic E-state index is 11.6. The fourth-order valence-electron chi connectivity index (χ4n) is 2.26. The Labute approximate surface area is 118 Å². The molecular weight excluding hydrogens is 258 g/mol. The van der Waals surface area contributed by atoms with Gasteiger partial charge < -0.3 is 19.5 Å². The summed E-state index contributed by atoms with van der Waals surface area (Å²) in [5.41, 5.74) is 1.01. The average Bonchev–Trinajstić information content (AvgIpc) is 3.21. The maximum Gasteiger partial charge on any atom is 0.347 e. The summed E-state index contributed by atoms with van der Waals surface area (Å²) in [5.74, 6) is 1.00. The number of para-hydroxylation sites is 1. The number of esters is 1. The lowest BCUT2D eigenvalue weighted by Crippen LogP contribution is -2.23. The molecule has 1 aliphatic heterocycles. The molecule has 1 saturated carbocycles. The molecule has 108 valence electrons. The molecule has 1 aromatic rings. The minimum atomic E-state index is -0.522. The predicted molar refractivity (Wildman–Crippen MR) is 72.8 cm³/mol. The van der Waals surface area contributed by atoms with E-state index in [0.717, 1.165) is 12.1 Å². The van der Waals surface area contributed by atoms with Gasteiger partial charge >= 0.3 is 5.97 Å². The molecule has 5 nitrogen and oxygen atoms in total. The van der Waals surface area contributed by atoms with E-state index in [0.29, 0.717) is 30.6 Å². The first kappa shape index (κ1) is 13.2. The zero-order valence-electron chi connectivity index (χ0n) is 11.6. The number of hydrogen-bond acceptors (Lipinski definition) is 5. The Hall–Kier alpha value is -1.75. The summed E-state index contributed by atoms with van der Waals surface area (Å²) in [6.45, 7) is 1.15. The Balaban J connectivity index is 1.78. The number of methoxy groups -OCH3 is 1. The van der Waals surface area contributed by atoms with Crippen molar-refractivity contribution in [3.63, 3.8) is 0 Å². The number of hydrogen-bond donors (Lipinski definition) is 1. The first-order chi connectivity index (χ1) is 9.78. The molecule has 1 heterocycles. The van der Waals surface area contributed by atoms with E-state index >= 15 is 0 Å². The van der Waals surface area contributed by atoms with Gasteiger partial charge in [-0.15, -0.1) is 0 Å². The van der Waals surface area contributed by atoms with Crippen LogP contribution in [-0.4, -0.2) is 31.8 Å². The molecule has 2 aliphatic rings. The van der Waals surface area contributed by atoms with Crippen LogP contribution in [0.2, 0.25) is 0 Å². The van der Waals surface area contributed by atoms with Gasteiger partial charge in [0.1, 0.15) is 0 Å². The van der Waals surface area contributed by atoms with Crippen molar-refractivity contribution in [3.8, 4) is 11.5 Å². The van der Waals surface area contributed by atoms with Crippen LogP contribution in [0, 0.1) is 0 Å². The SMILES string of the molecule is COc1cccc(CNC2CC2)c1OC1CCOC1=O. The molecule has 0 amide bonds. The molecule has 1 unspecified atom stereocenters. The number of rotatable bonds is 6. The first-order valence-corrected chi connectivity index (χ1v) is 7.00. The Morgan fingerprint density at radius 2 is 2.20 bits per heavy atom. The number of ether oxygens (including phenoxy) is 3. The van der Waals surface area contributed by atoms with Gasteiger partial charge in [0.25, 0.3) is 0 Å². The van der Waals surface area contributed by atoms with Gasteiger partial charge in [-0.25, -0.2) is 4.79 Å². The van der Waals surface area contributed by atoms with Gasteiger partial charge in [0.15, 0.2) is 17.6 Å². The third-order valence-corrected chi connectivity index (χ3v) is 3.59. The highest BCUT2D eigenvalue weighted by atomic mass is 16.6. The van der Waals surface area contributed by atoms with E-state index in [9.17, 15) is 4.79 Å². The molecule has 5 heteroatoms. The molecule has 0 aromatic heterocycles. The Bertz CT molecular complexity index is 499. The van der Waals surface area contributed by atoms with Crippen molar-refractivity contribution in [2.75, 3.05) is 13.7 Å². The highest BCUT2D eigenvalue weighted by Gasteiger charge is 2.30. The van der Waals surface area contributed by atoms with Crippen LogP contribution in [0.1, 0.15) is 24.8 Å². The minimum absolute atomic E-state index is 0.294. The third-order valence-electron chi connectivity index (χ3n) is 3.59. The molecule has 1 atom stereocenters. The van der Waals surface area contributed by atoms with E-state index in [1.54, 1.807) is 7.11 Å². The Morgan fingerprint density at radius 1 is 1.35 bits per heavy atom. The van der Waals surface area contributed by atoms with E-state index in [2.05, 4.69) is 5.32 Å². The number of benzene rings is 1. The Morgan fingerprint density at radius 3 is 2.85 bits per heavy atom. The van der Waals surface area contributed by atoms with Crippen LogP contribution < -0.4 is 14.8 Å². The van der Waals surface area contributed by atoms with Crippen LogP contribution in [0.5, 0.6) is 11.5 Å². The normalized spacial score (nSPS) is 21.6. The van der Waals surface area contributed by atoms with Crippen LogP contribution in [0.15, 0.2) is 18.2 Å². The van der Waals surface area contributed by atoms with E-state index in [1.807, 2.05) is 18.2 Å². The zero-order valence-corrected chi connectivity index (χ0v) is 11.6. The van der Waals surface area contributed by atoms with Crippen LogP contribution in [0.4, 0.5) is 0 Å². The summed E-state index contributed by atoms with van der Waals surface area (Å²) in [5, 5.41) is 3.45. The number of carbonyl (C=O) groups excluding carboxylic acids is 1. The molecule has 1 saturated heterocycles. The highest BCUT2D eigenvalue weighted by molar-refractivity contribution is 5.77. The van der Waals surface area contributed by atoms with Crippen molar-refractivity contribution in [2.24, 2.45) is 0 Å². The second-order valence-electron chi connectivity index (χ2n) is 5.17. The monoisotopic (exact) mass is 277 g/mol. The molecular formula is C15H19NO4. The second kappa shape index (κ2) is 5.71. The molecule has 1 aromatic carbocycles. The summed E-state index contributed by atoms with van der Waals surface area (Å²) >= 11 is 0. The molecule has 3 rings (SSSR count). The lowest BCUT2D eigenvalue weighted by molar-refractivity contribution is -0.143. The molecule has 0 radical (unpaired) electrons. The van der Waals surface area contributed by atoms with E-state index in [1.165, 1.54) is 12.8 Å². The summed E-state index contributed by atoms with van der Waals surface area (Å²) in [7, 11) is 1.60. The van der Waals surface area contributed by atoms with E-state index in [-0.39, 0.29) is 5.97 Å². The van der Waals surface area contributed by atoms with Crippen molar-refractivity contribution in [2.45, 2.75) is 38.0 Å². The highest BCUT2D eigenvalue weighted by Crippen LogP contribution is 2.33. The number of nitrogens with one attached hydrogen (secondary N) is 1. The van der Waals surface area contributed by atoms with Crippen molar-refractivity contribution < 1.29 is 19.0 Å². The summed E-state index contributed by atoms with van der Waals surface area (Å²) in [4.78, 5) is 11.6. The zero-order chi connectivity index (χ0) is 13.9. The lowest BCUT2D eigenvalue weighted by atomic mass is 10.1. The van der Waals surface area contributed by atoms with Crippen LogP contribution in [0.25, 0.3) is 0 Å². The van der Waals surface area contributed by atoms with Crippen LogP contribution in [-0.2, 0) is 16.1 Å². The molecule has 0 bridgehead atoms. The number of carbonyl (C=O) groups is 1. The summed E-state index contributed by atoms with van der Waals surface area (Å²) in [6, 6.07) is 6.39. The van der Waals surface area contributed by atoms with Crippen molar-refractivity contribution in [1.29, 1.82) is 0 Å². The van der Waals surface area contributed by atoms with Crippen molar-refractivity contribution >= 4 is 5.97 Å². The van der Waals surface area contributed by atoms with Gasteiger partial charge in [-0.3, -0.25) is 0 Å². The fraction of sp³-hybridized carbons (Fsp3) is 0.533. The molecule has 2 fully saturated rings. The van der Waals surface area contributed by atoms with Crippen molar-refractivity contribution in [1.82, 2.24) is 5.32 Å². The van der Waals surface area contributed by atoms with Gasteiger partial charge in [-0.2, -0.15) is 0 Å². The Kier molecular flexibility index (Phi) is 3.78. The average molecular weight is 277 g/mol. The maximum absolute atomic E-state index is 11.6. The number of cyclic esters (lactones) is 1. The largest absolute Gasteiger partial charge is 0.493 e. The molecule has 20 heavy (non-hydrogen) atoms. The summed E-state index contributed by atoms with van der Waals surface area (Å²) < 4.78 is 16.1. The van der Waals surface area contributed by atoms with E-state index in [4.69, 9.17) is 14.2 Å². The summed E-state index contributed by atoms with van der Waals surface area (Å²) in [6.07, 6.45) is 2.53.